The molecule has 2 N–H and O–H groups in total. The molecule has 0 aliphatic rings. The quantitative estimate of drug-likeness (QED) is 0.770. The Hall–Kier alpha value is -1.88. The summed E-state index contributed by atoms with van der Waals surface area (Å²) in [5.41, 5.74) is -0.415. The third-order valence-corrected chi connectivity index (χ3v) is 2.92. The van der Waals surface area contributed by atoms with Crippen LogP contribution in [0.1, 0.15) is 19.3 Å². The molecule has 1 heterocycles. The second-order valence-corrected chi connectivity index (χ2v) is 4.23. The molecule has 5 heteroatoms. The SMILES string of the molecule is O=c1[nH]n(CCCCCO)c(=O)c2ccccc12. The van der Waals surface area contributed by atoms with Crippen molar-refractivity contribution in [2.24, 2.45) is 0 Å². The maximum Gasteiger partial charge on any atom is 0.273 e. The van der Waals surface area contributed by atoms with E-state index >= 15 is 0 Å². The van der Waals surface area contributed by atoms with Gasteiger partial charge in [0.25, 0.3) is 11.1 Å². The van der Waals surface area contributed by atoms with Crippen LogP contribution >= 0.6 is 0 Å². The van der Waals surface area contributed by atoms with Crippen molar-refractivity contribution in [3.8, 4) is 0 Å². The Morgan fingerprint density at radius 2 is 1.78 bits per heavy atom. The molecule has 2 aromatic rings. The number of H-pyrrole nitrogens is 1. The van der Waals surface area contributed by atoms with E-state index in [0.29, 0.717) is 23.7 Å². The fourth-order valence-corrected chi connectivity index (χ4v) is 1.96. The van der Waals surface area contributed by atoms with Crippen LogP contribution in [0.25, 0.3) is 10.8 Å². The molecule has 0 bridgehead atoms. The van der Waals surface area contributed by atoms with Crippen molar-refractivity contribution in [2.45, 2.75) is 25.8 Å². The molecule has 2 rings (SSSR count). The number of unbranched alkanes of at least 4 members (excludes halogenated alkanes) is 2. The van der Waals surface area contributed by atoms with Crippen LogP contribution in [0.15, 0.2) is 33.9 Å². The predicted molar refractivity (Wildman–Crippen MR) is 69.8 cm³/mol. The summed E-state index contributed by atoms with van der Waals surface area (Å²) in [7, 11) is 0. The van der Waals surface area contributed by atoms with E-state index in [1.165, 1.54) is 4.68 Å². The van der Waals surface area contributed by atoms with Gasteiger partial charge in [0.15, 0.2) is 0 Å². The second kappa shape index (κ2) is 5.64. The molecule has 0 saturated carbocycles. The number of hydrogen-bond donors (Lipinski definition) is 2. The Bertz CT molecular complexity index is 642. The lowest BCUT2D eigenvalue weighted by Gasteiger charge is -2.06. The van der Waals surface area contributed by atoms with Gasteiger partial charge in [0.2, 0.25) is 0 Å². The summed E-state index contributed by atoms with van der Waals surface area (Å²) in [6.07, 6.45) is 2.30. The zero-order chi connectivity index (χ0) is 13.0. The Labute approximate surface area is 104 Å². The van der Waals surface area contributed by atoms with Crippen LogP contribution in [-0.4, -0.2) is 21.5 Å². The number of aryl methyl sites for hydroxylation is 1. The summed E-state index contributed by atoms with van der Waals surface area (Å²) >= 11 is 0. The molecular weight excluding hydrogens is 232 g/mol. The Kier molecular flexibility index (Phi) is 3.94. The third-order valence-electron chi connectivity index (χ3n) is 2.92. The lowest BCUT2D eigenvalue weighted by molar-refractivity contribution is 0.281. The number of rotatable bonds is 5. The van der Waals surface area contributed by atoms with E-state index in [-0.39, 0.29) is 17.7 Å². The van der Waals surface area contributed by atoms with Gasteiger partial charge in [0, 0.05) is 13.2 Å². The van der Waals surface area contributed by atoms with Gasteiger partial charge in [0.1, 0.15) is 0 Å². The zero-order valence-electron chi connectivity index (χ0n) is 10.1. The normalized spacial score (nSPS) is 10.9. The topological polar surface area (TPSA) is 75.1 Å². The minimum Gasteiger partial charge on any atom is -0.396 e. The molecule has 0 unspecified atom stereocenters. The monoisotopic (exact) mass is 248 g/mol. The van der Waals surface area contributed by atoms with E-state index in [9.17, 15) is 9.59 Å². The number of fused-ring (bicyclic) bond motifs is 1. The van der Waals surface area contributed by atoms with E-state index in [4.69, 9.17) is 5.11 Å². The van der Waals surface area contributed by atoms with Crippen molar-refractivity contribution in [1.29, 1.82) is 0 Å². The van der Waals surface area contributed by atoms with Gasteiger partial charge in [-0.3, -0.25) is 14.7 Å². The van der Waals surface area contributed by atoms with Crippen molar-refractivity contribution in [3.63, 3.8) is 0 Å². The van der Waals surface area contributed by atoms with Gasteiger partial charge in [0.05, 0.1) is 10.8 Å². The highest BCUT2D eigenvalue weighted by Gasteiger charge is 2.05. The lowest BCUT2D eigenvalue weighted by atomic mass is 10.2. The highest BCUT2D eigenvalue weighted by atomic mass is 16.3. The van der Waals surface area contributed by atoms with E-state index in [2.05, 4.69) is 5.10 Å². The maximum absolute atomic E-state index is 12.1. The van der Waals surface area contributed by atoms with Gasteiger partial charge < -0.3 is 5.11 Å². The molecule has 0 radical (unpaired) electrons. The summed E-state index contributed by atoms with van der Waals surface area (Å²) in [6, 6.07) is 6.80. The first-order chi connectivity index (χ1) is 8.74. The number of aromatic nitrogens is 2. The Morgan fingerprint density at radius 3 is 2.50 bits per heavy atom. The van der Waals surface area contributed by atoms with Crippen molar-refractivity contribution in [1.82, 2.24) is 9.78 Å². The highest BCUT2D eigenvalue weighted by molar-refractivity contribution is 5.80. The first-order valence-corrected chi connectivity index (χ1v) is 6.07. The second-order valence-electron chi connectivity index (χ2n) is 4.23. The molecule has 0 saturated heterocycles. The smallest absolute Gasteiger partial charge is 0.273 e. The summed E-state index contributed by atoms with van der Waals surface area (Å²) in [4.78, 5) is 23.9. The molecule has 0 spiro atoms. The predicted octanol–water partition coefficient (Wildman–Crippen LogP) is 0.852. The highest BCUT2D eigenvalue weighted by Crippen LogP contribution is 2.03. The Balaban J connectivity index is 2.32. The number of nitrogens with one attached hydrogen (secondary N) is 1. The van der Waals surface area contributed by atoms with Crippen LogP contribution in [0.2, 0.25) is 0 Å². The largest absolute Gasteiger partial charge is 0.396 e. The first kappa shape index (κ1) is 12.6. The van der Waals surface area contributed by atoms with Crippen molar-refractivity contribution in [3.05, 3.63) is 45.0 Å². The Morgan fingerprint density at radius 1 is 1.06 bits per heavy atom. The number of benzene rings is 1. The number of hydrogen-bond acceptors (Lipinski definition) is 3. The van der Waals surface area contributed by atoms with Crippen LogP contribution in [-0.2, 0) is 6.54 Å². The third kappa shape index (κ3) is 2.51. The van der Waals surface area contributed by atoms with Gasteiger partial charge in [-0.2, -0.15) is 0 Å². The molecule has 0 aliphatic heterocycles. The van der Waals surface area contributed by atoms with E-state index in [1.807, 2.05) is 0 Å². The van der Waals surface area contributed by atoms with E-state index in [0.717, 1.165) is 12.8 Å². The van der Waals surface area contributed by atoms with E-state index < -0.39 is 0 Å². The van der Waals surface area contributed by atoms with Crippen LogP contribution in [0.3, 0.4) is 0 Å². The average molecular weight is 248 g/mol. The van der Waals surface area contributed by atoms with Gasteiger partial charge in [-0.15, -0.1) is 0 Å². The number of nitrogens with zero attached hydrogens (tertiary/aromatic N) is 1. The van der Waals surface area contributed by atoms with E-state index in [1.54, 1.807) is 24.3 Å². The number of aliphatic hydroxyl groups excluding tert-OH is 1. The molecule has 96 valence electrons. The molecule has 1 aromatic carbocycles. The van der Waals surface area contributed by atoms with Crippen molar-refractivity contribution < 1.29 is 5.11 Å². The molecular formula is C13H16N2O3. The fourth-order valence-electron chi connectivity index (χ4n) is 1.96. The van der Waals surface area contributed by atoms with Gasteiger partial charge >= 0.3 is 0 Å². The summed E-state index contributed by atoms with van der Waals surface area (Å²) in [6.45, 7) is 0.627. The van der Waals surface area contributed by atoms with Crippen LogP contribution in [0.5, 0.6) is 0 Å². The molecule has 18 heavy (non-hydrogen) atoms. The van der Waals surface area contributed by atoms with Crippen molar-refractivity contribution in [2.75, 3.05) is 6.61 Å². The van der Waals surface area contributed by atoms with Crippen molar-refractivity contribution >= 4 is 10.8 Å². The molecule has 0 amide bonds. The minimum atomic E-state index is -0.243. The number of aromatic amines is 1. The molecule has 0 aliphatic carbocycles. The van der Waals surface area contributed by atoms with Crippen LogP contribution in [0.4, 0.5) is 0 Å². The fraction of sp³-hybridized carbons (Fsp3) is 0.385. The van der Waals surface area contributed by atoms with Gasteiger partial charge in [-0.1, -0.05) is 12.1 Å². The zero-order valence-corrected chi connectivity index (χ0v) is 10.1. The molecule has 0 atom stereocenters. The van der Waals surface area contributed by atoms with Crippen LogP contribution in [0, 0.1) is 0 Å². The maximum atomic E-state index is 12.1. The lowest BCUT2D eigenvalue weighted by Crippen LogP contribution is -2.29. The minimum absolute atomic E-state index is 0.156. The summed E-state index contributed by atoms with van der Waals surface area (Å²) in [5.74, 6) is 0. The van der Waals surface area contributed by atoms with Gasteiger partial charge in [-0.05, 0) is 31.4 Å². The average Bonchev–Trinajstić information content (AvgIpc) is 2.40. The number of aliphatic hydroxyl groups is 1. The molecule has 1 aromatic heterocycles. The van der Waals surface area contributed by atoms with Crippen LogP contribution < -0.4 is 11.1 Å². The molecule has 0 fully saturated rings. The summed E-state index contributed by atoms with van der Waals surface area (Å²) < 4.78 is 1.35. The summed E-state index contributed by atoms with van der Waals surface area (Å²) in [5, 5.41) is 12.1. The molecule has 5 nitrogen and oxygen atoms in total. The van der Waals surface area contributed by atoms with Gasteiger partial charge in [-0.25, -0.2) is 4.68 Å². The first-order valence-electron chi connectivity index (χ1n) is 6.07. The standard InChI is InChI=1S/C13H16N2O3/c16-9-5-1-4-8-15-13(18)11-7-3-2-6-10(11)12(17)14-15/h2-3,6-7,16H,1,4-5,8-9H2,(H,14,17).